The first kappa shape index (κ1) is 23.3. The van der Waals surface area contributed by atoms with E-state index in [-0.39, 0.29) is 31.3 Å². The van der Waals surface area contributed by atoms with Crippen LogP contribution in [0.25, 0.3) is 11.1 Å². The van der Waals surface area contributed by atoms with Crippen LogP contribution in [0.5, 0.6) is 0 Å². The van der Waals surface area contributed by atoms with Crippen molar-refractivity contribution in [3.63, 3.8) is 0 Å². The highest BCUT2D eigenvalue weighted by Crippen LogP contribution is 2.44. The Morgan fingerprint density at radius 2 is 1.62 bits per heavy atom. The van der Waals surface area contributed by atoms with Crippen LogP contribution in [0.2, 0.25) is 0 Å². The Morgan fingerprint density at radius 1 is 1.03 bits per heavy atom. The van der Waals surface area contributed by atoms with E-state index in [0.717, 1.165) is 28.7 Å². The number of hydrogen-bond acceptors (Lipinski definition) is 4. The third-order valence-electron chi connectivity index (χ3n) is 5.77. The SMILES string of the molecule is CCCN(CC)C(=O)C(CCC(=O)O)NC(=O)OCC1c2ccccc2-c2ccccc21. The normalized spacial score (nSPS) is 13.1. The van der Waals surface area contributed by atoms with Crippen molar-refractivity contribution in [1.82, 2.24) is 10.2 Å². The summed E-state index contributed by atoms with van der Waals surface area (Å²) >= 11 is 0. The number of amides is 2. The Balaban J connectivity index is 1.68. The zero-order valence-corrected chi connectivity index (χ0v) is 18.5. The molecule has 1 aliphatic carbocycles. The van der Waals surface area contributed by atoms with Gasteiger partial charge in [0.2, 0.25) is 5.91 Å². The highest BCUT2D eigenvalue weighted by Gasteiger charge is 2.30. The van der Waals surface area contributed by atoms with Gasteiger partial charge in [-0.2, -0.15) is 0 Å². The fourth-order valence-corrected chi connectivity index (χ4v) is 4.22. The first-order valence-corrected chi connectivity index (χ1v) is 11.1. The van der Waals surface area contributed by atoms with E-state index in [4.69, 9.17) is 9.84 Å². The minimum atomic E-state index is -1.02. The van der Waals surface area contributed by atoms with E-state index in [2.05, 4.69) is 17.4 Å². The van der Waals surface area contributed by atoms with Crippen molar-refractivity contribution in [3.05, 3.63) is 59.7 Å². The third kappa shape index (κ3) is 5.28. The van der Waals surface area contributed by atoms with Crippen LogP contribution in [-0.4, -0.2) is 53.7 Å². The van der Waals surface area contributed by atoms with Gasteiger partial charge in [0, 0.05) is 25.4 Å². The number of ether oxygens (including phenoxy) is 1. The summed E-state index contributed by atoms with van der Waals surface area (Å²) in [5.74, 6) is -1.40. The number of nitrogens with one attached hydrogen (secondary N) is 1. The van der Waals surface area contributed by atoms with Crippen LogP contribution in [-0.2, 0) is 14.3 Å². The minimum Gasteiger partial charge on any atom is -0.481 e. The van der Waals surface area contributed by atoms with E-state index < -0.39 is 18.1 Å². The number of fused-ring (bicyclic) bond motifs is 3. The predicted molar refractivity (Wildman–Crippen MR) is 121 cm³/mol. The molecule has 0 aliphatic heterocycles. The van der Waals surface area contributed by atoms with Gasteiger partial charge < -0.3 is 20.1 Å². The van der Waals surface area contributed by atoms with Gasteiger partial charge in [0.25, 0.3) is 0 Å². The molecule has 0 fully saturated rings. The Hall–Kier alpha value is -3.35. The molecule has 7 nitrogen and oxygen atoms in total. The standard InChI is InChI=1S/C25H30N2O5/c1-3-15-27(4-2)24(30)22(13-14-23(28)29)26-25(31)32-16-21-19-11-7-5-9-17(19)18-10-6-8-12-20(18)21/h5-12,21-22H,3-4,13-16H2,1-2H3,(H,26,31)(H,28,29). The van der Waals surface area contributed by atoms with E-state index in [0.29, 0.717) is 13.1 Å². The van der Waals surface area contributed by atoms with Crippen molar-refractivity contribution in [2.75, 3.05) is 19.7 Å². The van der Waals surface area contributed by atoms with Gasteiger partial charge in [0.05, 0.1) is 0 Å². The van der Waals surface area contributed by atoms with E-state index in [1.807, 2.05) is 50.2 Å². The van der Waals surface area contributed by atoms with Crippen molar-refractivity contribution in [2.24, 2.45) is 0 Å². The molecule has 1 atom stereocenters. The van der Waals surface area contributed by atoms with Gasteiger partial charge in [-0.25, -0.2) is 4.79 Å². The number of nitrogens with zero attached hydrogens (tertiary/aromatic N) is 1. The van der Waals surface area contributed by atoms with E-state index in [1.165, 1.54) is 0 Å². The number of rotatable bonds is 10. The topological polar surface area (TPSA) is 95.9 Å². The molecular formula is C25H30N2O5. The average molecular weight is 439 g/mol. The molecule has 2 aromatic carbocycles. The molecule has 2 amide bonds. The second-order valence-electron chi connectivity index (χ2n) is 7.87. The summed E-state index contributed by atoms with van der Waals surface area (Å²) in [7, 11) is 0. The fraction of sp³-hybridized carbons (Fsp3) is 0.400. The molecule has 170 valence electrons. The molecule has 32 heavy (non-hydrogen) atoms. The Morgan fingerprint density at radius 3 is 2.16 bits per heavy atom. The first-order chi connectivity index (χ1) is 15.5. The van der Waals surface area contributed by atoms with Crippen molar-refractivity contribution in [3.8, 4) is 11.1 Å². The summed E-state index contributed by atoms with van der Waals surface area (Å²) in [6, 6.07) is 15.1. The predicted octanol–water partition coefficient (Wildman–Crippen LogP) is 4.02. The molecule has 1 unspecified atom stereocenters. The van der Waals surface area contributed by atoms with Gasteiger partial charge >= 0.3 is 12.1 Å². The molecule has 0 aromatic heterocycles. The molecule has 3 rings (SSSR count). The summed E-state index contributed by atoms with van der Waals surface area (Å²) < 4.78 is 5.53. The van der Waals surface area contributed by atoms with E-state index >= 15 is 0 Å². The average Bonchev–Trinajstić information content (AvgIpc) is 3.12. The second-order valence-corrected chi connectivity index (χ2v) is 7.87. The summed E-state index contributed by atoms with van der Waals surface area (Å²) in [6.45, 7) is 4.98. The Bertz CT molecular complexity index is 929. The van der Waals surface area contributed by atoms with E-state index in [9.17, 15) is 14.4 Å². The van der Waals surface area contributed by atoms with Gasteiger partial charge in [-0.05, 0) is 42.0 Å². The lowest BCUT2D eigenvalue weighted by Crippen LogP contribution is -2.49. The Kier molecular flexibility index (Phi) is 7.87. The monoisotopic (exact) mass is 438 g/mol. The lowest BCUT2D eigenvalue weighted by molar-refractivity contribution is -0.138. The molecule has 1 aliphatic rings. The van der Waals surface area contributed by atoms with Crippen LogP contribution >= 0.6 is 0 Å². The number of likely N-dealkylation sites (N-methyl/N-ethyl adjacent to an activating group) is 1. The van der Waals surface area contributed by atoms with E-state index in [1.54, 1.807) is 4.90 Å². The molecular weight excluding hydrogens is 408 g/mol. The minimum absolute atomic E-state index is 0.0125. The lowest BCUT2D eigenvalue weighted by atomic mass is 9.98. The van der Waals surface area contributed by atoms with Crippen LogP contribution in [0, 0.1) is 0 Å². The second kappa shape index (κ2) is 10.8. The number of carboxylic acids is 1. The molecule has 0 saturated carbocycles. The number of aliphatic carboxylic acids is 1. The lowest BCUT2D eigenvalue weighted by Gasteiger charge is -2.26. The molecule has 0 radical (unpaired) electrons. The first-order valence-electron chi connectivity index (χ1n) is 11.1. The largest absolute Gasteiger partial charge is 0.481 e. The van der Waals surface area contributed by atoms with Crippen molar-refractivity contribution in [1.29, 1.82) is 0 Å². The highest BCUT2D eigenvalue weighted by atomic mass is 16.5. The molecule has 2 aromatic rings. The number of hydrogen-bond donors (Lipinski definition) is 2. The highest BCUT2D eigenvalue weighted by molar-refractivity contribution is 5.86. The third-order valence-corrected chi connectivity index (χ3v) is 5.77. The van der Waals surface area contributed by atoms with Crippen LogP contribution < -0.4 is 5.32 Å². The molecule has 0 heterocycles. The van der Waals surface area contributed by atoms with Crippen molar-refractivity contribution < 1.29 is 24.2 Å². The van der Waals surface area contributed by atoms with Gasteiger partial charge in [-0.15, -0.1) is 0 Å². The quantitative estimate of drug-likeness (QED) is 0.584. The van der Waals surface area contributed by atoms with Crippen LogP contribution in [0.15, 0.2) is 48.5 Å². The van der Waals surface area contributed by atoms with Crippen molar-refractivity contribution in [2.45, 2.75) is 45.1 Å². The smallest absolute Gasteiger partial charge is 0.407 e. The molecule has 7 heteroatoms. The molecule has 2 N–H and O–H groups in total. The van der Waals surface area contributed by atoms with Gasteiger partial charge in [-0.3, -0.25) is 9.59 Å². The number of carbonyl (C=O) groups excluding carboxylic acids is 2. The number of carboxylic acid groups (broad SMARTS) is 1. The summed E-state index contributed by atoms with van der Waals surface area (Å²) in [5, 5.41) is 11.6. The van der Waals surface area contributed by atoms with Crippen molar-refractivity contribution >= 4 is 18.0 Å². The summed E-state index contributed by atoms with van der Waals surface area (Å²) in [6.07, 6.45) is -0.151. The maximum absolute atomic E-state index is 12.9. The molecule has 0 spiro atoms. The maximum atomic E-state index is 12.9. The van der Waals surface area contributed by atoms with Crippen LogP contribution in [0.4, 0.5) is 4.79 Å². The maximum Gasteiger partial charge on any atom is 0.407 e. The van der Waals surface area contributed by atoms with Crippen LogP contribution in [0.1, 0.15) is 50.2 Å². The van der Waals surface area contributed by atoms with Crippen LogP contribution in [0.3, 0.4) is 0 Å². The Labute approximate surface area is 188 Å². The number of alkyl carbamates (subject to hydrolysis) is 1. The number of carbonyl (C=O) groups is 3. The van der Waals surface area contributed by atoms with Gasteiger partial charge in [-0.1, -0.05) is 55.5 Å². The zero-order chi connectivity index (χ0) is 23.1. The summed E-state index contributed by atoms with van der Waals surface area (Å²) in [4.78, 5) is 38.1. The fourth-order valence-electron chi connectivity index (χ4n) is 4.22. The summed E-state index contributed by atoms with van der Waals surface area (Å²) in [5.41, 5.74) is 4.45. The zero-order valence-electron chi connectivity index (χ0n) is 18.5. The molecule has 0 bridgehead atoms. The van der Waals surface area contributed by atoms with Gasteiger partial charge in [0.1, 0.15) is 12.6 Å². The molecule has 0 saturated heterocycles. The number of benzene rings is 2. The van der Waals surface area contributed by atoms with Gasteiger partial charge in [0.15, 0.2) is 0 Å².